The van der Waals surface area contributed by atoms with Crippen molar-refractivity contribution in [3.63, 3.8) is 0 Å². The lowest BCUT2D eigenvalue weighted by atomic mass is 10.1. The molecule has 1 aromatic heterocycles. The Labute approximate surface area is 147 Å². The van der Waals surface area contributed by atoms with Crippen molar-refractivity contribution in [2.24, 2.45) is 0 Å². The normalized spacial score (nSPS) is 10.3. The van der Waals surface area contributed by atoms with Gasteiger partial charge in [0.15, 0.2) is 0 Å². The van der Waals surface area contributed by atoms with Gasteiger partial charge in [-0.1, -0.05) is 42.5 Å². The van der Waals surface area contributed by atoms with Crippen LogP contribution >= 0.6 is 0 Å². The van der Waals surface area contributed by atoms with Gasteiger partial charge in [-0.25, -0.2) is 9.13 Å². The summed E-state index contributed by atoms with van der Waals surface area (Å²) in [7, 11) is 0. The van der Waals surface area contributed by atoms with E-state index in [9.17, 15) is 5.11 Å². The molecule has 0 unspecified atom stereocenters. The highest BCUT2D eigenvalue weighted by molar-refractivity contribution is 5.25. The Morgan fingerprint density at radius 1 is 0.957 bits per heavy atom. The number of nitrogens with zero attached hydrogens (tertiary/aromatic N) is 2. The lowest BCUT2D eigenvalue weighted by Gasteiger charge is -2.03. The van der Waals surface area contributed by atoms with Crippen molar-refractivity contribution in [1.82, 2.24) is 4.57 Å². The molecule has 0 saturated heterocycles. The number of aromatic hydroxyl groups is 1. The quantitative estimate of drug-likeness (QED) is 0.631. The molecular weight excluding hydrogens is 352 g/mol. The summed E-state index contributed by atoms with van der Waals surface area (Å²) in [6.07, 6.45) is 5.24. The molecule has 1 N–H and O–H groups in total. The van der Waals surface area contributed by atoms with Gasteiger partial charge in [0.05, 0.1) is 6.54 Å². The smallest absolute Gasteiger partial charge is 0.253 e. The van der Waals surface area contributed by atoms with Gasteiger partial charge in [0.2, 0.25) is 0 Å². The largest absolute Gasteiger partial charge is 1.00 e. The fraction of sp³-hybridized carbons (Fsp3) is 0.211. The number of aryl methyl sites for hydroxylation is 2. The Kier molecular flexibility index (Phi) is 5.99. The molecule has 4 heteroatoms. The zero-order valence-corrected chi connectivity index (χ0v) is 14.8. The molecule has 0 aliphatic heterocycles. The first kappa shape index (κ1) is 17.3. The molecule has 0 amide bonds. The van der Waals surface area contributed by atoms with Crippen molar-refractivity contribution in [1.29, 1.82) is 0 Å². The first-order chi connectivity index (χ1) is 10.7. The topological polar surface area (TPSA) is 29.0 Å². The molecule has 0 aliphatic carbocycles. The summed E-state index contributed by atoms with van der Waals surface area (Å²) in [5.41, 5.74) is 2.55. The van der Waals surface area contributed by atoms with E-state index in [0.717, 1.165) is 19.5 Å². The highest BCUT2D eigenvalue weighted by atomic mass is 79.9. The number of hydrogen-bond donors (Lipinski definition) is 1. The van der Waals surface area contributed by atoms with Gasteiger partial charge in [0, 0.05) is 13.3 Å². The molecular formula is C19H21BrN2O. The van der Waals surface area contributed by atoms with E-state index < -0.39 is 0 Å². The molecule has 0 radical (unpaired) electrons. The number of aromatic nitrogens is 2. The first-order valence-electron chi connectivity index (χ1n) is 7.59. The summed E-state index contributed by atoms with van der Waals surface area (Å²) in [5.74, 6) is 1.57. The molecule has 0 atom stereocenters. The second kappa shape index (κ2) is 7.97. The Bertz CT molecular complexity index is 736. The molecule has 120 valence electrons. The third-order valence-corrected chi connectivity index (χ3v) is 4.03. The van der Waals surface area contributed by atoms with Crippen LogP contribution in [0.4, 0.5) is 0 Å². The van der Waals surface area contributed by atoms with E-state index >= 15 is 0 Å². The van der Waals surface area contributed by atoms with Gasteiger partial charge in [0.25, 0.3) is 5.82 Å². The van der Waals surface area contributed by atoms with E-state index in [0.29, 0.717) is 5.75 Å². The van der Waals surface area contributed by atoms with Crippen LogP contribution in [0.5, 0.6) is 5.75 Å². The fourth-order valence-electron chi connectivity index (χ4n) is 2.64. The van der Waals surface area contributed by atoms with Crippen LogP contribution in [0.15, 0.2) is 67.0 Å². The number of imidazole rings is 1. The van der Waals surface area contributed by atoms with Crippen molar-refractivity contribution in [2.75, 3.05) is 0 Å². The number of hydrogen-bond acceptors (Lipinski definition) is 1. The van der Waals surface area contributed by atoms with Crippen LogP contribution in [-0.4, -0.2) is 9.67 Å². The summed E-state index contributed by atoms with van der Waals surface area (Å²) < 4.78 is 4.54. The van der Waals surface area contributed by atoms with Crippen molar-refractivity contribution in [3.8, 4) is 5.75 Å². The maximum atomic E-state index is 9.32. The van der Waals surface area contributed by atoms with E-state index in [2.05, 4.69) is 52.7 Å². The average Bonchev–Trinajstić information content (AvgIpc) is 2.88. The SMILES string of the molecule is Cc1n(CCc2ccc(O)cc2)cc[n+]1Cc1ccccc1.[Br-]. The van der Waals surface area contributed by atoms with Gasteiger partial charge >= 0.3 is 0 Å². The molecule has 3 rings (SSSR count). The summed E-state index contributed by atoms with van der Waals surface area (Å²) in [6, 6.07) is 17.9. The predicted octanol–water partition coefficient (Wildman–Crippen LogP) is 0.0846. The molecule has 0 spiro atoms. The Balaban J connectivity index is 0.00000192. The second-order valence-electron chi connectivity index (χ2n) is 5.57. The summed E-state index contributed by atoms with van der Waals surface area (Å²) in [5, 5.41) is 9.32. The van der Waals surface area contributed by atoms with Gasteiger partial charge in [-0.2, -0.15) is 0 Å². The number of rotatable bonds is 5. The van der Waals surface area contributed by atoms with Crippen LogP contribution in [0.25, 0.3) is 0 Å². The van der Waals surface area contributed by atoms with E-state index in [1.165, 1.54) is 17.0 Å². The van der Waals surface area contributed by atoms with Gasteiger partial charge in [-0.3, -0.25) is 0 Å². The van der Waals surface area contributed by atoms with Gasteiger partial charge < -0.3 is 22.1 Å². The van der Waals surface area contributed by atoms with E-state index in [-0.39, 0.29) is 17.0 Å². The maximum Gasteiger partial charge on any atom is 0.253 e. The van der Waals surface area contributed by atoms with Crippen molar-refractivity contribution >= 4 is 0 Å². The minimum Gasteiger partial charge on any atom is -1.00 e. The Hall–Kier alpha value is -2.07. The minimum absolute atomic E-state index is 0. The zero-order chi connectivity index (χ0) is 15.4. The third-order valence-electron chi connectivity index (χ3n) is 4.03. The highest BCUT2D eigenvalue weighted by Gasteiger charge is 2.12. The molecule has 0 bridgehead atoms. The van der Waals surface area contributed by atoms with Crippen LogP contribution in [0, 0.1) is 6.92 Å². The molecule has 1 heterocycles. The van der Waals surface area contributed by atoms with E-state index in [1.807, 2.05) is 18.2 Å². The molecule has 23 heavy (non-hydrogen) atoms. The summed E-state index contributed by atoms with van der Waals surface area (Å²) >= 11 is 0. The maximum absolute atomic E-state index is 9.32. The predicted molar refractivity (Wildman–Crippen MR) is 86.7 cm³/mol. The molecule has 3 aromatic rings. The van der Waals surface area contributed by atoms with Gasteiger partial charge in [0.1, 0.15) is 24.7 Å². The lowest BCUT2D eigenvalue weighted by Crippen LogP contribution is -3.00. The van der Waals surface area contributed by atoms with Crippen LogP contribution in [0.3, 0.4) is 0 Å². The van der Waals surface area contributed by atoms with E-state index in [1.54, 1.807) is 12.1 Å². The third kappa shape index (κ3) is 4.45. The molecule has 0 fully saturated rings. The minimum atomic E-state index is 0. The number of halogens is 1. The second-order valence-corrected chi connectivity index (χ2v) is 5.57. The number of phenols is 1. The zero-order valence-electron chi connectivity index (χ0n) is 13.2. The van der Waals surface area contributed by atoms with Gasteiger partial charge in [-0.15, -0.1) is 0 Å². The van der Waals surface area contributed by atoms with Crippen LogP contribution in [0.2, 0.25) is 0 Å². The number of benzene rings is 2. The standard InChI is InChI=1S/C19H20N2O.BrH/c1-16-20(12-11-17-7-9-19(22)10-8-17)13-14-21(16)15-18-5-3-2-4-6-18;/h2-10,13-14H,11-12,15H2,1H3;1H. The fourth-order valence-corrected chi connectivity index (χ4v) is 2.64. The highest BCUT2D eigenvalue weighted by Crippen LogP contribution is 2.11. The lowest BCUT2D eigenvalue weighted by molar-refractivity contribution is -0.694. The summed E-state index contributed by atoms with van der Waals surface area (Å²) in [4.78, 5) is 0. The Morgan fingerprint density at radius 3 is 2.35 bits per heavy atom. The number of phenolic OH excluding ortho intramolecular Hbond substituents is 1. The van der Waals surface area contributed by atoms with Crippen molar-refractivity contribution in [2.45, 2.75) is 26.4 Å². The van der Waals surface area contributed by atoms with E-state index in [4.69, 9.17) is 0 Å². The van der Waals surface area contributed by atoms with Crippen LogP contribution in [-0.2, 0) is 19.5 Å². The average molecular weight is 373 g/mol. The molecule has 2 aromatic carbocycles. The molecule has 0 aliphatic rings. The molecule has 0 saturated carbocycles. The monoisotopic (exact) mass is 372 g/mol. The van der Waals surface area contributed by atoms with Gasteiger partial charge in [-0.05, 0) is 23.3 Å². The Morgan fingerprint density at radius 2 is 1.65 bits per heavy atom. The van der Waals surface area contributed by atoms with Crippen LogP contribution in [0.1, 0.15) is 17.0 Å². The first-order valence-corrected chi connectivity index (χ1v) is 7.59. The van der Waals surface area contributed by atoms with Crippen molar-refractivity contribution < 1.29 is 26.7 Å². The summed E-state index contributed by atoms with van der Waals surface area (Å²) in [6.45, 7) is 4.00. The molecule has 3 nitrogen and oxygen atoms in total. The van der Waals surface area contributed by atoms with Crippen molar-refractivity contribution in [3.05, 3.63) is 83.9 Å². The van der Waals surface area contributed by atoms with Crippen LogP contribution < -0.4 is 21.5 Å².